The number of halogens is 1. The molecule has 48 valence electrons. The topological polar surface area (TPSA) is 58.9 Å². The highest BCUT2D eigenvalue weighted by molar-refractivity contribution is 9.10. The number of aromatic nitrogens is 1. The minimum absolute atomic E-state index is 0.199. The maximum atomic E-state index is 10.7. The van der Waals surface area contributed by atoms with E-state index in [2.05, 4.69) is 20.9 Å². The van der Waals surface area contributed by atoms with Gasteiger partial charge in [-0.2, -0.15) is 0 Å². The van der Waals surface area contributed by atoms with Crippen LogP contribution in [0.25, 0.3) is 0 Å². The monoisotopic (exact) mass is 188 g/mol. The molecule has 0 aromatic carbocycles. The van der Waals surface area contributed by atoms with Crippen molar-refractivity contribution in [2.45, 2.75) is 0 Å². The van der Waals surface area contributed by atoms with Crippen molar-refractivity contribution in [1.29, 1.82) is 0 Å². The van der Waals surface area contributed by atoms with Crippen LogP contribution in [0.4, 0.5) is 5.82 Å². The summed E-state index contributed by atoms with van der Waals surface area (Å²) in [4.78, 5) is 13.1. The molecule has 3 N–H and O–H groups in total. The third-order valence-corrected chi connectivity index (χ3v) is 1.51. The minimum atomic E-state index is -0.199. The molecule has 4 heteroatoms. The van der Waals surface area contributed by atoms with Gasteiger partial charge in [0.15, 0.2) is 0 Å². The Morgan fingerprint density at radius 1 is 1.56 bits per heavy atom. The van der Waals surface area contributed by atoms with Crippen LogP contribution in [0.1, 0.15) is 0 Å². The zero-order valence-electron chi connectivity index (χ0n) is 4.52. The quantitative estimate of drug-likeness (QED) is 0.631. The fourth-order valence-electron chi connectivity index (χ4n) is 0.471. The van der Waals surface area contributed by atoms with Gasteiger partial charge in [-0.05, 0) is 28.1 Å². The standard InChI is InChI=1S/C5H5BrN2O/c6-3-1-2-4(7)8-5(3)9/h1-2H,(H3,7,8,9). The lowest BCUT2D eigenvalue weighted by Crippen LogP contribution is -2.07. The van der Waals surface area contributed by atoms with Gasteiger partial charge in [-0.3, -0.25) is 4.79 Å². The van der Waals surface area contributed by atoms with E-state index in [1.807, 2.05) is 0 Å². The number of anilines is 1. The maximum Gasteiger partial charge on any atom is 0.263 e. The Morgan fingerprint density at radius 2 is 2.22 bits per heavy atom. The van der Waals surface area contributed by atoms with E-state index in [1.165, 1.54) is 0 Å². The molecule has 0 amide bonds. The summed E-state index contributed by atoms with van der Waals surface area (Å²) in [5, 5.41) is 0. The fourth-order valence-corrected chi connectivity index (χ4v) is 0.702. The number of nitrogens with two attached hydrogens (primary N) is 1. The number of hydrogen-bond donors (Lipinski definition) is 2. The average molecular weight is 189 g/mol. The molecular weight excluding hydrogens is 184 g/mol. The van der Waals surface area contributed by atoms with Gasteiger partial charge >= 0.3 is 0 Å². The first-order valence-corrected chi connectivity index (χ1v) is 3.14. The Labute approximate surface area is 60.0 Å². The highest BCUT2D eigenvalue weighted by atomic mass is 79.9. The molecule has 0 bridgehead atoms. The number of rotatable bonds is 0. The summed E-state index contributed by atoms with van der Waals surface area (Å²) in [6.07, 6.45) is 0. The second-order valence-corrected chi connectivity index (χ2v) is 2.45. The van der Waals surface area contributed by atoms with Crippen LogP contribution in [-0.4, -0.2) is 4.98 Å². The summed E-state index contributed by atoms with van der Waals surface area (Å²) in [5.74, 6) is 0.378. The van der Waals surface area contributed by atoms with Crippen molar-refractivity contribution in [3.8, 4) is 0 Å². The molecule has 1 aromatic heterocycles. The summed E-state index contributed by atoms with van der Waals surface area (Å²) in [7, 11) is 0. The zero-order chi connectivity index (χ0) is 6.85. The molecular formula is C5H5BrN2O. The lowest BCUT2D eigenvalue weighted by molar-refractivity contribution is 1.23. The Morgan fingerprint density at radius 3 is 2.67 bits per heavy atom. The van der Waals surface area contributed by atoms with Gasteiger partial charge in [-0.15, -0.1) is 0 Å². The Balaban J connectivity index is 3.34. The Bertz CT molecular complexity index is 268. The molecule has 1 heterocycles. The van der Waals surface area contributed by atoms with Crippen molar-refractivity contribution in [2.75, 3.05) is 5.73 Å². The van der Waals surface area contributed by atoms with E-state index in [9.17, 15) is 4.79 Å². The number of pyridine rings is 1. The van der Waals surface area contributed by atoms with Crippen molar-refractivity contribution < 1.29 is 0 Å². The first kappa shape index (κ1) is 6.35. The Kier molecular flexibility index (Phi) is 1.57. The second kappa shape index (κ2) is 2.23. The Hall–Kier alpha value is -0.770. The number of hydrogen-bond acceptors (Lipinski definition) is 2. The molecule has 0 saturated carbocycles. The van der Waals surface area contributed by atoms with Crippen LogP contribution in [0.3, 0.4) is 0 Å². The van der Waals surface area contributed by atoms with E-state index in [1.54, 1.807) is 12.1 Å². The van der Waals surface area contributed by atoms with E-state index < -0.39 is 0 Å². The molecule has 0 unspecified atom stereocenters. The van der Waals surface area contributed by atoms with Gasteiger partial charge in [0.05, 0.1) is 4.47 Å². The van der Waals surface area contributed by atoms with Crippen LogP contribution in [0.15, 0.2) is 21.4 Å². The molecule has 0 radical (unpaired) electrons. The molecule has 0 fully saturated rings. The van der Waals surface area contributed by atoms with Crippen LogP contribution < -0.4 is 11.3 Å². The van der Waals surface area contributed by atoms with E-state index in [4.69, 9.17) is 5.73 Å². The summed E-state index contributed by atoms with van der Waals surface area (Å²) < 4.78 is 0.497. The van der Waals surface area contributed by atoms with Crippen molar-refractivity contribution >= 4 is 21.7 Å². The molecule has 1 rings (SSSR count). The molecule has 3 nitrogen and oxygen atoms in total. The van der Waals surface area contributed by atoms with Crippen molar-refractivity contribution in [1.82, 2.24) is 4.98 Å². The third-order valence-electron chi connectivity index (χ3n) is 0.884. The van der Waals surface area contributed by atoms with E-state index in [-0.39, 0.29) is 5.56 Å². The van der Waals surface area contributed by atoms with Crippen LogP contribution >= 0.6 is 15.9 Å². The van der Waals surface area contributed by atoms with Crippen LogP contribution in [-0.2, 0) is 0 Å². The van der Waals surface area contributed by atoms with Crippen LogP contribution in [0.5, 0.6) is 0 Å². The molecule has 0 aliphatic heterocycles. The number of nitrogen functional groups attached to an aromatic ring is 1. The molecule has 0 saturated heterocycles. The minimum Gasteiger partial charge on any atom is -0.385 e. The summed E-state index contributed by atoms with van der Waals surface area (Å²) in [6, 6.07) is 3.22. The van der Waals surface area contributed by atoms with Gasteiger partial charge in [0.1, 0.15) is 5.82 Å². The fraction of sp³-hybridized carbons (Fsp3) is 0. The number of H-pyrrole nitrogens is 1. The predicted octanol–water partition coefficient (Wildman–Crippen LogP) is 0.720. The van der Waals surface area contributed by atoms with Gasteiger partial charge < -0.3 is 10.7 Å². The SMILES string of the molecule is Nc1ccc(Br)c(=O)[nH]1. The normalized spacial score (nSPS) is 9.44. The van der Waals surface area contributed by atoms with E-state index in [0.29, 0.717) is 10.3 Å². The maximum absolute atomic E-state index is 10.7. The van der Waals surface area contributed by atoms with Gasteiger partial charge in [-0.25, -0.2) is 0 Å². The predicted molar refractivity (Wildman–Crippen MR) is 39.2 cm³/mol. The van der Waals surface area contributed by atoms with Crippen molar-refractivity contribution in [3.63, 3.8) is 0 Å². The van der Waals surface area contributed by atoms with Gasteiger partial charge in [-0.1, -0.05) is 0 Å². The first-order valence-electron chi connectivity index (χ1n) is 2.34. The highest BCUT2D eigenvalue weighted by Gasteiger charge is 1.91. The second-order valence-electron chi connectivity index (χ2n) is 1.59. The molecule has 1 aromatic rings. The molecule has 9 heavy (non-hydrogen) atoms. The lowest BCUT2D eigenvalue weighted by atomic mass is 10.5. The zero-order valence-corrected chi connectivity index (χ0v) is 6.10. The summed E-state index contributed by atoms with van der Waals surface area (Å²) in [6.45, 7) is 0. The smallest absolute Gasteiger partial charge is 0.263 e. The molecule has 0 spiro atoms. The molecule has 0 atom stereocenters. The van der Waals surface area contributed by atoms with Crippen molar-refractivity contribution in [2.24, 2.45) is 0 Å². The van der Waals surface area contributed by atoms with Gasteiger partial charge in [0, 0.05) is 0 Å². The molecule has 0 aliphatic carbocycles. The number of nitrogens with one attached hydrogen (secondary N) is 1. The van der Waals surface area contributed by atoms with Crippen LogP contribution in [0.2, 0.25) is 0 Å². The number of aromatic amines is 1. The highest BCUT2D eigenvalue weighted by Crippen LogP contribution is 2.01. The van der Waals surface area contributed by atoms with E-state index >= 15 is 0 Å². The summed E-state index contributed by atoms with van der Waals surface area (Å²) in [5.41, 5.74) is 5.05. The first-order chi connectivity index (χ1) is 4.20. The lowest BCUT2D eigenvalue weighted by Gasteiger charge is -1.89. The largest absolute Gasteiger partial charge is 0.385 e. The molecule has 0 aliphatic rings. The third kappa shape index (κ3) is 1.32. The van der Waals surface area contributed by atoms with Crippen LogP contribution in [0, 0.1) is 0 Å². The van der Waals surface area contributed by atoms with Gasteiger partial charge in [0.25, 0.3) is 5.56 Å². The van der Waals surface area contributed by atoms with Gasteiger partial charge in [0.2, 0.25) is 0 Å². The summed E-state index contributed by atoms with van der Waals surface area (Å²) >= 11 is 3.03. The van der Waals surface area contributed by atoms with Crippen molar-refractivity contribution in [3.05, 3.63) is 27.0 Å². The van der Waals surface area contributed by atoms with E-state index in [0.717, 1.165) is 0 Å². The average Bonchev–Trinajstić information content (AvgIpc) is 1.80.